The van der Waals surface area contributed by atoms with Crippen LogP contribution in [0.1, 0.15) is 47.9 Å². The summed E-state index contributed by atoms with van der Waals surface area (Å²) in [5.74, 6) is -0.0655. The van der Waals surface area contributed by atoms with E-state index in [9.17, 15) is 4.79 Å². The molecule has 2 bridgehead atoms. The second kappa shape index (κ2) is 5.09. The predicted octanol–water partition coefficient (Wildman–Crippen LogP) is 4.33. The van der Waals surface area contributed by atoms with Crippen molar-refractivity contribution in [3.05, 3.63) is 83.4 Å². The fraction of sp³-hybridized carbons (Fsp3) is 0.286. The van der Waals surface area contributed by atoms with E-state index in [4.69, 9.17) is 4.74 Å². The van der Waals surface area contributed by atoms with Crippen molar-refractivity contribution in [1.82, 2.24) is 0 Å². The maximum absolute atomic E-state index is 11.6. The average molecular weight is 304 g/mol. The van der Waals surface area contributed by atoms with Gasteiger partial charge in [0, 0.05) is 18.3 Å². The molecule has 116 valence electrons. The smallest absolute Gasteiger partial charge is 0.302 e. The third-order valence-corrected chi connectivity index (χ3v) is 5.35. The first kappa shape index (κ1) is 14.3. The van der Waals surface area contributed by atoms with Crippen LogP contribution in [0.4, 0.5) is 0 Å². The van der Waals surface area contributed by atoms with Crippen molar-refractivity contribution in [2.24, 2.45) is 0 Å². The van der Waals surface area contributed by atoms with Crippen LogP contribution in [0.15, 0.2) is 61.2 Å². The Morgan fingerprint density at radius 3 is 2.26 bits per heavy atom. The third kappa shape index (κ3) is 1.91. The second-order valence-electron chi connectivity index (χ2n) is 6.58. The van der Waals surface area contributed by atoms with Crippen molar-refractivity contribution in [2.45, 2.75) is 37.2 Å². The number of rotatable bonds is 3. The highest BCUT2D eigenvalue weighted by Crippen LogP contribution is 2.58. The Balaban J connectivity index is 2.00. The summed E-state index contributed by atoms with van der Waals surface area (Å²) in [6.45, 7) is 5.49. The monoisotopic (exact) mass is 304 g/mol. The Morgan fingerprint density at radius 2 is 1.74 bits per heavy atom. The molecule has 1 atom stereocenters. The van der Waals surface area contributed by atoms with Crippen molar-refractivity contribution in [1.29, 1.82) is 0 Å². The molecule has 2 nitrogen and oxygen atoms in total. The first-order valence-corrected chi connectivity index (χ1v) is 8.14. The molecule has 5 rings (SSSR count). The number of ether oxygens (including phenoxy) is 1. The molecule has 23 heavy (non-hydrogen) atoms. The lowest BCUT2D eigenvalue weighted by Crippen LogP contribution is -2.48. The lowest BCUT2D eigenvalue weighted by Gasteiger charge is -2.52. The molecule has 2 aromatic carbocycles. The Hall–Kier alpha value is -2.35. The number of benzene rings is 2. The summed E-state index contributed by atoms with van der Waals surface area (Å²) in [7, 11) is 0. The summed E-state index contributed by atoms with van der Waals surface area (Å²) in [6, 6.07) is 17.2. The minimum atomic E-state index is -0.203. The summed E-state index contributed by atoms with van der Waals surface area (Å²) in [4.78, 5) is 11.6. The molecular weight excluding hydrogens is 284 g/mol. The summed E-state index contributed by atoms with van der Waals surface area (Å²) in [5, 5.41) is 0. The van der Waals surface area contributed by atoms with Crippen molar-refractivity contribution in [3.8, 4) is 0 Å². The van der Waals surface area contributed by atoms with Gasteiger partial charge in [0.25, 0.3) is 0 Å². The molecular formula is C21H20O2. The number of hydrogen-bond donors (Lipinski definition) is 0. The molecule has 3 aliphatic carbocycles. The quantitative estimate of drug-likeness (QED) is 0.623. The van der Waals surface area contributed by atoms with E-state index in [-0.39, 0.29) is 23.4 Å². The van der Waals surface area contributed by atoms with Crippen LogP contribution in [0.2, 0.25) is 0 Å². The number of allylic oxidation sites excluding steroid dienone is 1. The van der Waals surface area contributed by atoms with Crippen molar-refractivity contribution in [3.63, 3.8) is 0 Å². The van der Waals surface area contributed by atoms with E-state index in [0.717, 1.165) is 12.8 Å². The van der Waals surface area contributed by atoms with Gasteiger partial charge in [0.05, 0.1) is 0 Å². The zero-order chi connectivity index (χ0) is 16.0. The molecule has 0 aliphatic heterocycles. The standard InChI is InChI=1S/C21H20O2/c1-3-12-21-13-19(23-14(2)22)20(15-8-4-6-10-17(15)21)16-9-5-7-11-18(16)21/h3-11,19-20H,1,12-13H2,2H3. The van der Waals surface area contributed by atoms with Crippen molar-refractivity contribution < 1.29 is 9.53 Å². The van der Waals surface area contributed by atoms with Crippen LogP contribution in [0, 0.1) is 0 Å². The molecule has 0 spiro atoms. The molecule has 0 amide bonds. The van der Waals surface area contributed by atoms with Gasteiger partial charge in [-0.15, -0.1) is 6.58 Å². The number of hydrogen-bond acceptors (Lipinski definition) is 2. The van der Waals surface area contributed by atoms with Gasteiger partial charge in [-0.1, -0.05) is 54.6 Å². The van der Waals surface area contributed by atoms with Gasteiger partial charge in [-0.05, 0) is 35.1 Å². The van der Waals surface area contributed by atoms with Crippen LogP contribution < -0.4 is 0 Å². The highest BCUT2D eigenvalue weighted by atomic mass is 16.5. The van der Waals surface area contributed by atoms with Gasteiger partial charge in [0.1, 0.15) is 6.10 Å². The molecule has 3 aliphatic rings. The summed E-state index contributed by atoms with van der Waals surface area (Å²) in [6.07, 6.45) is 3.57. The second-order valence-corrected chi connectivity index (χ2v) is 6.58. The molecule has 0 aromatic heterocycles. The van der Waals surface area contributed by atoms with E-state index in [1.165, 1.54) is 29.2 Å². The fourth-order valence-corrected chi connectivity index (χ4v) is 4.67. The van der Waals surface area contributed by atoms with Gasteiger partial charge in [-0.2, -0.15) is 0 Å². The summed E-state index contributed by atoms with van der Waals surface area (Å²) < 4.78 is 5.74. The Morgan fingerprint density at radius 1 is 1.17 bits per heavy atom. The van der Waals surface area contributed by atoms with Crippen LogP contribution >= 0.6 is 0 Å². The first-order valence-electron chi connectivity index (χ1n) is 8.14. The fourth-order valence-electron chi connectivity index (χ4n) is 4.67. The first-order chi connectivity index (χ1) is 11.2. The van der Waals surface area contributed by atoms with Crippen LogP contribution in [-0.4, -0.2) is 12.1 Å². The molecule has 2 heteroatoms. The Labute approximate surface area is 136 Å². The van der Waals surface area contributed by atoms with E-state index in [1.807, 2.05) is 6.08 Å². The van der Waals surface area contributed by atoms with Gasteiger partial charge < -0.3 is 4.74 Å². The van der Waals surface area contributed by atoms with E-state index in [2.05, 4.69) is 55.1 Å². The van der Waals surface area contributed by atoms with Crippen molar-refractivity contribution >= 4 is 5.97 Å². The molecule has 0 fully saturated rings. The molecule has 1 unspecified atom stereocenters. The SMILES string of the molecule is C=CCC12CC(OC(C)=O)C(c3ccccc31)c1ccccc12. The van der Waals surface area contributed by atoms with Gasteiger partial charge in [0.2, 0.25) is 0 Å². The lowest BCUT2D eigenvalue weighted by atomic mass is 9.53. The number of fused-ring (bicyclic) bond motifs is 1. The van der Waals surface area contributed by atoms with Crippen molar-refractivity contribution in [2.75, 3.05) is 0 Å². The highest BCUT2D eigenvalue weighted by molar-refractivity contribution is 5.68. The molecule has 2 aromatic rings. The Kier molecular flexibility index (Phi) is 3.15. The largest absolute Gasteiger partial charge is 0.462 e. The minimum absolute atomic E-state index is 0.0998. The summed E-state index contributed by atoms with van der Waals surface area (Å²) in [5.41, 5.74) is 5.19. The van der Waals surface area contributed by atoms with Crippen LogP contribution in [0.5, 0.6) is 0 Å². The maximum atomic E-state index is 11.6. The highest BCUT2D eigenvalue weighted by Gasteiger charge is 2.52. The molecule has 0 saturated carbocycles. The van der Waals surface area contributed by atoms with Crippen LogP contribution in [-0.2, 0) is 14.9 Å². The number of carbonyl (C=O) groups excluding carboxylic acids is 1. The molecule has 0 heterocycles. The third-order valence-electron chi connectivity index (χ3n) is 5.35. The van der Waals surface area contributed by atoms with Gasteiger partial charge in [0.15, 0.2) is 0 Å². The maximum Gasteiger partial charge on any atom is 0.302 e. The van der Waals surface area contributed by atoms with Gasteiger partial charge in [-0.25, -0.2) is 0 Å². The molecule has 0 radical (unpaired) electrons. The zero-order valence-corrected chi connectivity index (χ0v) is 13.3. The Bertz CT molecular complexity index is 742. The van der Waals surface area contributed by atoms with Crippen LogP contribution in [0.25, 0.3) is 0 Å². The topological polar surface area (TPSA) is 26.3 Å². The average Bonchev–Trinajstić information content (AvgIpc) is 2.55. The number of esters is 1. The molecule has 0 N–H and O–H groups in total. The van der Waals surface area contributed by atoms with E-state index in [1.54, 1.807) is 0 Å². The van der Waals surface area contributed by atoms with Gasteiger partial charge in [-0.3, -0.25) is 4.79 Å². The number of carbonyl (C=O) groups is 1. The lowest BCUT2D eigenvalue weighted by molar-refractivity contribution is -0.148. The molecule has 0 saturated heterocycles. The predicted molar refractivity (Wildman–Crippen MR) is 90.5 cm³/mol. The normalized spacial score (nSPS) is 27.0. The zero-order valence-electron chi connectivity index (χ0n) is 13.3. The van der Waals surface area contributed by atoms with E-state index < -0.39 is 0 Å². The van der Waals surface area contributed by atoms with E-state index >= 15 is 0 Å². The minimum Gasteiger partial charge on any atom is -0.462 e. The van der Waals surface area contributed by atoms with Crippen LogP contribution in [0.3, 0.4) is 0 Å². The van der Waals surface area contributed by atoms with E-state index in [0.29, 0.717) is 0 Å². The van der Waals surface area contributed by atoms with Gasteiger partial charge >= 0.3 is 5.97 Å². The summed E-state index contributed by atoms with van der Waals surface area (Å²) >= 11 is 0.